The lowest BCUT2D eigenvalue weighted by atomic mass is 10.0. The van der Waals surface area contributed by atoms with Crippen molar-refractivity contribution < 1.29 is 0 Å². The van der Waals surface area contributed by atoms with Crippen molar-refractivity contribution in [3.63, 3.8) is 0 Å². The molecule has 1 fully saturated rings. The van der Waals surface area contributed by atoms with E-state index in [2.05, 4.69) is 36.2 Å². The van der Waals surface area contributed by atoms with Crippen molar-refractivity contribution in [1.29, 1.82) is 0 Å². The standard InChI is InChI=1S/C16H23ClN2/c1-13(2)7-10-19-11-8-14(9-12-19)18-16-6-4-3-5-15(16)17/h3-7,14,18H,8-12H2,1-2H3. The van der Waals surface area contributed by atoms with Gasteiger partial charge in [0.15, 0.2) is 0 Å². The number of benzene rings is 1. The highest BCUT2D eigenvalue weighted by Gasteiger charge is 2.18. The number of halogens is 1. The third-order valence-corrected chi connectivity index (χ3v) is 3.91. The van der Waals surface area contributed by atoms with Gasteiger partial charge in [-0.15, -0.1) is 0 Å². The van der Waals surface area contributed by atoms with E-state index in [4.69, 9.17) is 11.6 Å². The number of allylic oxidation sites excluding steroid dienone is 1. The van der Waals surface area contributed by atoms with Crippen molar-refractivity contribution in [2.45, 2.75) is 32.7 Å². The van der Waals surface area contributed by atoms with E-state index in [1.54, 1.807) is 0 Å². The Balaban J connectivity index is 1.81. The first-order valence-electron chi connectivity index (χ1n) is 7.02. The van der Waals surface area contributed by atoms with Crippen molar-refractivity contribution in [3.05, 3.63) is 40.9 Å². The number of hydrogen-bond acceptors (Lipinski definition) is 2. The lowest BCUT2D eigenvalue weighted by molar-refractivity contribution is 0.240. The number of hydrogen-bond donors (Lipinski definition) is 1. The molecule has 104 valence electrons. The Kier molecular flexibility index (Phi) is 5.29. The minimum absolute atomic E-state index is 0.544. The van der Waals surface area contributed by atoms with Crippen LogP contribution in [0.25, 0.3) is 0 Å². The summed E-state index contributed by atoms with van der Waals surface area (Å²) in [6.45, 7) is 7.72. The summed E-state index contributed by atoms with van der Waals surface area (Å²) in [5, 5.41) is 4.37. The largest absolute Gasteiger partial charge is 0.381 e. The highest BCUT2D eigenvalue weighted by molar-refractivity contribution is 6.33. The summed E-state index contributed by atoms with van der Waals surface area (Å²) in [5.74, 6) is 0. The van der Waals surface area contributed by atoms with Crippen LogP contribution in [0.1, 0.15) is 26.7 Å². The Morgan fingerprint density at radius 3 is 2.63 bits per heavy atom. The van der Waals surface area contributed by atoms with Gasteiger partial charge in [0.2, 0.25) is 0 Å². The topological polar surface area (TPSA) is 15.3 Å². The summed E-state index contributed by atoms with van der Waals surface area (Å²) in [7, 11) is 0. The van der Waals surface area contributed by atoms with Crippen molar-refractivity contribution in [3.8, 4) is 0 Å². The Morgan fingerprint density at radius 1 is 1.32 bits per heavy atom. The fourth-order valence-electron chi connectivity index (χ4n) is 2.37. The second-order valence-corrected chi connectivity index (χ2v) is 5.89. The fraction of sp³-hybridized carbons (Fsp3) is 0.500. The zero-order chi connectivity index (χ0) is 13.7. The van der Waals surface area contributed by atoms with Crippen molar-refractivity contribution in [1.82, 2.24) is 4.90 Å². The van der Waals surface area contributed by atoms with E-state index in [1.165, 1.54) is 18.4 Å². The molecule has 1 saturated heterocycles. The molecule has 1 aromatic carbocycles. The summed E-state index contributed by atoms with van der Waals surface area (Å²) < 4.78 is 0. The summed E-state index contributed by atoms with van der Waals surface area (Å²) >= 11 is 6.18. The van der Waals surface area contributed by atoms with Gasteiger partial charge in [0.05, 0.1) is 10.7 Å². The molecule has 0 amide bonds. The molecule has 0 aromatic heterocycles. The highest BCUT2D eigenvalue weighted by atomic mass is 35.5. The Hall–Kier alpha value is -0.990. The van der Waals surface area contributed by atoms with E-state index in [0.717, 1.165) is 30.3 Å². The lowest BCUT2D eigenvalue weighted by Gasteiger charge is -2.32. The SMILES string of the molecule is CC(C)=CCN1CCC(Nc2ccccc2Cl)CC1. The number of rotatable bonds is 4. The fourth-order valence-corrected chi connectivity index (χ4v) is 2.56. The van der Waals surface area contributed by atoms with E-state index >= 15 is 0 Å². The smallest absolute Gasteiger partial charge is 0.0637 e. The minimum atomic E-state index is 0.544. The molecule has 2 nitrogen and oxygen atoms in total. The van der Waals surface area contributed by atoms with Gasteiger partial charge in [-0.25, -0.2) is 0 Å². The van der Waals surface area contributed by atoms with Gasteiger partial charge in [-0.2, -0.15) is 0 Å². The van der Waals surface area contributed by atoms with Crippen LogP contribution < -0.4 is 5.32 Å². The molecular weight excluding hydrogens is 256 g/mol. The number of anilines is 1. The minimum Gasteiger partial charge on any atom is -0.381 e. The summed E-state index contributed by atoms with van der Waals surface area (Å²) in [4.78, 5) is 2.51. The summed E-state index contributed by atoms with van der Waals surface area (Å²) in [6, 6.07) is 8.53. The van der Waals surface area contributed by atoms with Crippen LogP contribution in [-0.4, -0.2) is 30.6 Å². The van der Waals surface area contributed by atoms with E-state index in [-0.39, 0.29) is 0 Å². The predicted octanol–water partition coefficient (Wildman–Crippen LogP) is 4.18. The zero-order valence-corrected chi connectivity index (χ0v) is 12.6. The van der Waals surface area contributed by atoms with E-state index in [9.17, 15) is 0 Å². The number of nitrogens with zero attached hydrogens (tertiary/aromatic N) is 1. The third kappa shape index (κ3) is 4.55. The van der Waals surface area contributed by atoms with Crippen LogP contribution in [0.4, 0.5) is 5.69 Å². The first-order chi connectivity index (χ1) is 9.15. The van der Waals surface area contributed by atoms with Crippen molar-refractivity contribution >= 4 is 17.3 Å². The molecule has 0 aliphatic carbocycles. The molecule has 0 spiro atoms. The average molecular weight is 279 g/mol. The van der Waals surface area contributed by atoms with Crippen LogP contribution in [0.15, 0.2) is 35.9 Å². The first kappa shape index (κ1) is 14.4. The maximum atomic E-state index is 6.18. The second-order valence-electron chi connectivity index (χ2n) is 5.48. The normalized spacial score (nSPS) is 17.2. The van der Waals surface area contributed by atoms with E-state index in [1.807, 2.05) is 18.2 Å². The molecule has 0 unspecified atom stereocenters. The van der Waals surface area contributed by atoms with E-state index < -0.39 is 0 Å². The van der Waals surface area contributed by atoms with Crippen LogP contribution in [0.3, 0.4) is 0 Å². The predicted molar refractivity (Wildman–Crippen MR) is 84.0 cm³/mol. The lowest BCUT2D eigenvalue weighted by Crippen LogP contribution is -2.39. The molecular formula is C16H23ClN2. The van der Waals surface area contributed by atoms with Gasteiger partial charge in [0, 0.05) is 25.7 Å². The molecule has 0 saturated carbocycles. The Labute approximate surface area is 121 Å². The molecule has 1 aliphatic rings. The second kappa shape index (κ2) is 6.97. The van der Waals surface area contributed by atoms with Gasteiger partial charge in [0.25, 0.3) is 0 Å². The molecule has 1 heterocycles. The molecule has 1 N–H and O–H groups in total. The Morgan fingerprint density at radius 2 is 2.00 bits per heavy atom. The maximum Gasteiger partial charge on any atom is 0.0637 e. The van der Waals surface area contributed by atoms with Gasteiger partial charge in [-0.1, -0.05) is 35.4 Å². The molecule has 0 bridgehead atoms. The number of nitrogens with one attached hydrogen (secondary N) is 1. The van der Waals surface area contributed by atoms with E-state index in [0.29, 0.717) is 6.04 Å². The van der Waals surface area contributed by atoms with Crippen LogP contribution in [0, 0.1) is 0 Å². The van der Waals surface area contributed by atoms with Gasteiger partial charge in [-0.05, 0) is 38.8 Å². The van der Waals surface area contributed by atoms with Crippen LogP contribution in [-0.2, 0) is 0 Å². The molecule has 2 rings (SSSR count). The number of para-hydroxylation sites is 1. The zero-order valence-electron chi connectivity index (χ0n) is 11.8. The molecule has 1 aliphatic heterocycles. The van der Waals surface area contributed by atoms with Crippen LogP contribution in [0.2, 0.25) is 5.02 Å². The van der Waals surface area contributed by atoms with Gasteiger partial charge in [-0.3, -0.25) is 4.90 Å². The summed E-state index contributed by atoms with van der Waals surface area (Å²) in [5.41, 5.74) is 2.46. The van der Waals surface area contributed by atoms with Crippen molar-refractivity contribution in [2.24, 2.45) is 0 Å². The quantitative estimate of drug-likeness (QED) is 0.831. The number of likely N-dealkylation sites (tertiary alicyclic amines) is 1. The molecule has 0 atom stereocenters. The molecule has 0 radical (unpaired) electrons. The van der Waals surface area contributed by atoms with Crippen LogP contribution >= 0.6 is 11.6 Å². The van der Waals surface area contributed by atoms with Gasteiger partial charge >= 0.3 is 0 Å². The first-order valence-corrected chi connectivity index (χ1v) is 7.40. The summed E-state index contributed by atoms with van der Waals surface area (Å²) in [6.07, 6.45) is 4.67. The van der Waals surface area contributed by atoms with Gasteiger partial charge in [0.1, 0.15) is 0 Å². The average Bonchev–Trinajstić information content (AvgIpc) is 2.40. The molecule has 3 heteroatoms. The monoisotopic (exact) mass is 278 g/mol. The Bertz CT molecular complexity index is 430. The maximum absolute atomic E-state index is 6.18. The number of piperidine rings is 1. The van der Waals surface area contributed by atoms with Crippen LogP contribution in [0.5, 0.6) is 0 Å². The molecule has 1 aromatic rings. The third-order valence-electron chi connectivity index (χ3n) is 3.58. The molecule has 19 heavy (non-hydrogen) atoms. The highest BCUT2D eigenvalue weighted by Crippen LogP contribution is 2.23. The van der Waals surface area contributed by atoms with Crippen molar-refractivity contribution in [2.75, 3.05) is 25.0 Å². The van der Waals surface area contributed by atoms with Gasteiger partial charge < -0.3 is 5.32 Å².